The summed E-state index contributed by atoms with van der Waals surface area (Å²) in [4.78, 5) is 19.2. The van der Waals surface area contributed by atoms with Gasteiger partial charge in [-0.05, 0) is 24.0 Å². The van der Waals surface area contributed by atoms with E-state index < -0.39 is 0 Å². The molecule has 1 N–H and O–H groups in total. The van der Waals surface area contributed by atoms with E-state index >= 15 is 0 Å². The van der Waals surface area contributed by atoms with Gasteiger partial charge in [-0.2, -0.15) is 0 Å². The lowest BCUT2D eigenvalue weighted by Gasteiger charge is -2.26. The number of nitrogens with zero attached hydrogens (tertiary/aromatic N) is 2. The van der Waals surface area contributed by atoms with E-state index in [1.807, 2.05) is 60.7 Å². The molecule has 0 aliphatic carbocycles. The molecular formula is C24H22ClN3O2S. The Morgan fingerprint density at radius 3 is 2.58 bits per heavy atom. The van der Waals surface area contributed by atoms with Gasteiger partial charge in [0.1, 0.15) is 11.6 Å². The molecule has 1 saturated heterocycles. The van der Waals surface area contributed by atoms with E-state index in [9.17, 15) is 4.79 Å². The van der Waals surface area contributed by atoms with Gasteiger partial charge in [-0.1, -0.05) is 84.5 Å². The monoisotopic (exact) mass is 451 g/mol. The van der Waals surface area contributed by atoms with Crippen LogP contribution in [0.4, 0.5) is 10.5 Å². The van der Waals surface area contributed by atoms with Crippen LogP contribution in [0.25, 0.3) is 11.1 Å². The molecule has 31 heavy (non-hydrogen) atoms. The van der Waals surface area contributed by atoms with Gasteiger partial charge in [-0.3, -0.25) is 9.88 Å². The Morgan fingerprint density at radius 1 is 1.13 bits per heavy atom. The van der Waals surface area contributed by atoms with Crippen molar-refractivity contribution >= 4 is 40.6 Å². The Morgan fingerprint density at radius 2 is 1.84 bits per heavy atom. The van der Waals surface area contributed by atoms with Gasteiger partial charge in [0.15, 0.2) is 0 Å². The fourth-order valence-corrected chi connectivity index (χ4v) is 4.22. The van der Waals surface area contributed by atoms with Gasteiger partial charge in [-0.25, -0.2) is 4.79 Å². The molecule has 0 unspecified atom stereocenters. The zero-order chi connectivity index (χ0) is 21.6. The molecule has 1 aliphatic heterocycles. The number of likely N-dealkylation sites (tertiary alicyclic amines) is 1. The number of carbonyl (C=O) groups is 1. The van der Waals surface area contributed by atoms with Gasteiger partial charge in [0.25, 0.3) is 0 Å². The molecular weight excluding hydrogens is 430 g/mol. The molecule has 0 radical (unpaired) electrons. The van der Waals surface area contributed by atoms with Gasteiger partial charge >= 0.3 is 6.09 Å². The lowest BCUT2D eigenvalue weighted by molar-refractivity contribution is 0.0995. The highest BCUT2D eigenvalue weighted by Gasteiger charge is 2.33. The van der Waals surface area contributed by atoms with Crippen LogP contribution >= 0.6 is 23.8 Å². The summed E-state index contributed by atoms with van der Waals surface area (Å²) in [6.45, 7) is 0.840. The third-order valence-corrected chi connectivity index (χ3v) is 5.89. The molecule has 0 spiro atoms. The maximum atomic E-state index is 12.7. The zero-order valence-corrected chi connectivity index (χ0v) is 18.4. The fraction of sp³-hybridized carbons (Fsp3) is 0.208. The van der Waals surface area contributed by atoms with Crippen LogP contribution in [0.5, 0.6) is 0 Å². The maximum absolute atomic E-state index is 12.7. The number of pyridine rings is 1. The minimum Gasteiger partial charge on any atom is -0.445 e. The Bertz CT molecular complexity index is 1060. The van der Waals surface area contributed by atoms with E-state index in [4.69, 9.17) is 28.6 Å². The van der Waals surface area contributed by atoms with Crippen molar-refractivity contribution in [3.63, 3.8) is 0 Å². The fourth-order valence-electron chi connectivity index (χ4n) is 3.67. The molecule has 4 rings (SSSR count). The molecule has 3 aromatic rings. The Balaban J connectivity index is 1.48. The van der Waals surface area contributed by atoms with Gasteiger partial charge in [0.2, 0.25) is 0 Å². The maximum Gasteiger partial charge on any atom is 0.410 e. The Hall–Kier alpha value is -2.96. The van der Waals surface area contributed by atoms with Gasteiger partial charge < -0.3 is 10.1 Å². The molecule has 0 bridgehead atoms. The highest BCUT2D eigenvalue weighted by Crippen LogP contribution is 2.34. The highest BCUT2D eigenvalue weighted by molar-refractivity contribution is 7.80. The molecule has 158 valence electrons. The summed E-state index contributed by atoms with van der Waals surface area (Å²) in [5.41, 5.74) is 3.47. The summed E-state index contributed by atoms with van der Waals surface area (Å²) in [6.07, 6.45) is 4.62. The van der Waals surface area contributed by atoms with Crippen LogP contribution in [0, 0.1) is 0 Å². The smallest absolute Gasteiger partial charge is 0.410 e. The number of thiocarbonyl (C=S) groups is 1. The van der Waals surface area contributed by atoms with Crippen LogP contribution in [-0.2, 0) is 11.3 Å². The van der Waals surface area contributed by atoms with Crippen LogP contribution in [0.3, 0.4) is 0 Å². The number of hydrogen-bond acceptors (Lipinski definition) is 4. The van der Waals surface area contributed by atoms with Crippen LogP contribution in [0.15, 0.2) is 73.1 Å². The largest absolute Gasteiger partial charge is 0.445 e. The zero-order valence-electron chi connectivity index (χ0n) is 16.8. The van der Waals surface area contributed by atoms with Crippen molar-refractivity contribution < 1.29 is 9.53 Å². The summed E-state index contributed by atoms with van der Waals surface area (Å²) in [5, 5.41) is 3.76. The first-order valence-corrected chi connectivity index (χ1v) is 10.9. The topological polar surface area (TPSA) is 54.5 Å². The standard InChI is InChI=1S/C24H22ClN3O2S/c25-20-15-26-14-19(18-10-5-2-6-11-18)22(20)27-23(31)21-12-7-13-28(21)24(29)30-16-17-8-3-1-4-9-17/h1-6,8-11,14-15,21H,7,12-13,16H2,(H,26,27,31)/t21-/m0/s1. The molecule has 1 aromatic heterocycles. The first kappa shape index (κ1) is 21.3. The van der Waals surface area contributed by atoms with Gasteiger partial charge in [0, 0.05) is 24.5 Å². The van der Waals surface area contributed by atoms with E-state index in [1.165, 1.54) is 0 Å². The van der Waals surface area contributed by atoms with E-state index in [2.05, 4.69) is 10.3 Å². The Labute approximate surface area is 192 Å². The van der Waals surface area contributed by atoms with Gasteiger partial charge in [0.05, 0.1) is 16.8 Å². The van der Waals surface area contributed by atoms with Crippen molar-refractivity contribution in [2.45, 2.75) is 25.5 Å². The molecule has 1 fully saturated rings. The van der Waals surface area contributed by atoms with Crippen LogP contribution in [0.2, 0.25) is 5.02 Å². The number of nitrogens with one attached hydrogen (secondary N) is 1. The van der Waals surface area contributed by atoms with Crippen LogP contribution < -0.4 is 5.32 Å². The lowest BCUT2D eigenvalue weighted by atomic mass is 10.1. The number of benzene rings is 2. The van der Waals surface area contributed by atoms with Gasteiger partial charge in [-0.15, -0.1) is 0 Å². The minimum atomic E-state index is -0.361. The predicted molar refractivity (Wildman–Crippen MR) is 127 cm³/mol. The van der Waals surface area contributed by atoms with Crippen molar-refractivity contribution in [1.29, 1.82) is 0 Å². The number of amides is 1. The minimum absolute atomic E-state index is 0.234. The number of carbonyl (C=O) groups excluding carboxylic acids is 1. The molecule has 5 nitrogen and oxygen atoms in total. The van der Waals surface area contributed by atoms with Crippen molar-refractivity contribution in [3.05, 3.63) is 83.6 Å². The second-order valence-electron chi connectivity index (χ2n) is 7.29. The number of rotatable bonds is 5. The van der Waals surface area contributed by atoms with Crippen LogP contribution in [-0.4, -0.2) is 33.6 Å². The summed E-state index contributed by atoms with van der Waals surface area (Å²) in [6, 6.07) is 19.2. The first-order valence-electron chi connectivity index (χ1n) is 10.1. The third-order valence-electron chi connectivity index (χ3n) is 5.23. The number of hydrogen-bond donors (Lipinski definition) is 1. The molecule has 1 aliphatic rings. The van der Waals surface area contributed by atoms with E-state index in [-0.39, 0.29) is 18.7 Å². The molecule has 2 heterocycles. The molecule has 7 heteroatoms. The molecule has 1 amide bonds. The lowest BCUT2D eigenvalue weighted by Crippen LogP contribution is -2.42. The molecule has 0 saturated carbocycles. The average Bonchev–Trinajstić information content (AvgIpc) is 3.30. The number of ether oxygens (including phenoxy) is 1. The summed E-state index contributed by atoms with van der Waals surface area (Å²) in [7, 11) is 0. The Kier molecular flexibility index (Phi) is 6.79. The second kappa shape index (κ2) is 9.90. The normalized spacial score (nSPS) is 15.5. The second-order valence-corrected chi connectivity index (χ2v) is 8.14. The predicted octanol–water partition coefficient (Wildman–Crippen LogP) is 5.94. The summed E-state index contributed by atoms with van der Waals surface area (Å²) >= 11 is 12.2. The number of anilines is 1. The van der Waals surface area contributed by atoms with Crippen molar-refractivity contribution in [3.8, 4) is 11.1 Å². The third kappa shape index (κ3) is 5.03. The van der Waals surface area contributed by atoms with Crippen molar-refractivity contribution in [1.82, 2.24) is 9.88 Å². The average molecular weight is 452 g/mol. The SMILES string of the molecule is O=C(OCc1ccccc1)N1CCC[C@H]1C(=S)Nc1c(Cl)cncc1-c1ccccc1. The number of halogens is 1. The highest BCUT2D eigenvalue weighted by atomic mass is 35.5. The van der Waals surface area contributed by atoms with E-state index in [0.29, 0.717) is 22.2 Å². The number of aromatic nitrogens is 1. The summed E-state index contributed by atoms with van der Waals surface area (Å²) in [5.74, 6) is 0. The molecule has 2 aromatic carbocycles. The van der Waals surface area contributed by atoms with Crippen LogP contribution in [0.1, 0.15) is 18.4 Å². The quantitative estimate of drug-likeness (QED) is 0.486. The van der Waals surface area contributed by atoms with E-state index in [0.717, 1.165) is 29.5 Å². The van der Waals surface area contributed by atoms with Crippen molar-refractivity contribution in [2.75, 3.05) is 11.9 Å². The van der Waals surface area contributed by atoms with E-state index in [1.54, 1.807) is 17.3 Å². The van der Waals surface area contributed by atoms with Crippen molar-refractivity contribution in [2.24, 2.45) is 0 Å². The molecule has 1 atom stereocenters. The first-order chi connectivity index (χ1) is 15.1. The summed E-state index contributed by atoms with van der Waals surface area (Å²) < 4.78 is 5.52.